The van der Waals surface area contributed by atoms with Crippen molar-refractivity contribution in [3.05, 3.63) is 29.8 Å². The van der Waals surface area contributed by atoms with Gasteiger partial charge < -0.3 is 20.7 Å². The Balaban J connectivity index is 1.72. The molecule has 26 heavy (non-hydrogen) atoms. The van der Waals surface area contributed by atoms with E-state index in [-0.39, 0.29) is 17.9 Å². The molecule has 2 fully saturated rings. The van der Waals surface area contributed by atoms with Crippen LogP contribution in [0.25, 0.3) is 0 Å². The summed E-state index contributed by atoms with van der Waals surface area (Å²) in [5.41, 5.74) is 6.70. The van der Waals surface area contributed by atoms with E-state index in [2.05, 4.69) is 19.2 Å². The highest BCUT2D eigenvalue weighted by Crippen LogP contribution is 2.26. The number of piperidine rings is 1. The number of hydrogen-bond donors (Lipinski definition) is 2. The standard InChI is InChI=1S/C20H29N3O3/c1-13-9-14(2)12-23(11-13)20(25)16-5-3-4-6-17(16)22-19(24)18-8-7-15(10-21)26-18/h3-6,13-15,18H,7-12,21H2,1-2H3,(H,22,24)/t13?,14?,15-,18+/m1/s1. The summed E-state index contributed by atoms with van der Waals surface area (Å²) in [6, 6.07) is 7.21. The van der Waals surface area contributed by atoms with Gasteiger partial charge in [-0.05, 0) is 43.2 Å². The van der Waals surface area contributed by atoms with Gasteiger partial charge in [-0.1, -0.05) is 26.0 Å². The largest absolute Gasteiger partial charge is 0.364 e. The van der Waals surface area contributed by atoms with Crippen LogP contribution in [0.2, 0.25) is 0 Å². The maximum atomic E-state index is 13.0. The van der Waals surface area contributed by atoms with Crippen molar-refractivity contribution >= 4 is 17.5 Å². The van der Waals surface area contributed by atoms with Gasteiger partial charge in [0, 0.05) is 19.6 Å². The maximum absolute atomic E-state index is 13.0. The van der Waals surface area contributed by atoms with Crippen molar-refractivity contribution in [1.29, 1.82) is 0 Å². The zero-order chi connectivity index (χ0) is 18.7. The molecule has 0 aromatic heterocycles. The van der Waals surface area contributed by atoms with E-state index >= 15 is 0 Å². The number of amides is 2. The van der Waals surface area contributed by atoms with E-state index in [1.165, 1.54) is 0 Å². The third kappa shape index (κ3) is 4.24. The summed E-state index contributed by atoms with van der Waals surface area (Å²) in [6.07, 6.45) is 2.04. The molecule has 1 aromatic rings. The van der Waals surface area contributed by atoms with E-state index in [9.17, 15) is 9.59 Å². The molecule has 0 spiro atoms. The Bertz CT molecular complexity index is 653. The van der Waals surface area contributed by atoms with Crippen LogP contribution < -0.4 is 11.1 Å². The van der Waals surface area contributed by atoms with Crippen LogP contribution in [-0.4, -0.2) is 48.6 Å². The summed E-state index contributed by atoms with van der Waals surface area (Å²) < 4.78 is 5.66. The topological polar surface area (TPSA) is 84.7 Å². The summed E-state index contributed by atoms with van der Waals surface area (Å²) in [7, 11) is 0. The lowest BCUT2D eigenvalue weighted by Crippen LogP contribution is -2.43. The quantitative estimate of drug-likeness (QED) is 0.863. The van der Waals surface area contributed by atoms with Crippen LogP contribution in [0.15, 0.2) is 24.3 Å². The lowest BCUT2D eigenvalue weighted by molar-refractivity contribution is -0.126. The molecule has 6 nitrogen and oxygen atoms in total. The van der Waals surface area contributed by atoms with Gasteiger partial charge in [0.2, 0.25) is 0 Å². The molecule has 3 N–H and O–H groups in total. The van der Waals surface area contributed by atoms with Gasteiger partial charge in [0.1, 0.15) is 6.10 Å². The number of para-hydroxylation sites is 1. The lowest BCUT2D eigenvalue weighted by atomic mass is 9.91. The van der Waals surface area contributed by atoms with Crippen molar-refractivity contribution in [1.82, 2.24) is 4.90 Å². The molecule has 0 bridgehead atoms. The van der Waals surface area contributed by atoms with E-state index in [0.717, 1.165) is 25.9 Å². The first-order valence-corrected chi connectivity index (χ1v) is 9.52. The lowest BCUT2D eigenvalue weighted by Gasteiger charge is -2.35. The highest BCUT2D eigenvalue weighted by atomic mass is 16.5. The third-order valence-corrected chi connectivity index (χ3v) is 5.23. The van der Waals surface area contributed by atoms with Crippen LogP contribution in [-0.2, 0) is 9.53 Å². The summed E-state index contributed by atoms with van der Waals surface area (Å²) in [6.45, 7) is 6.29. The van der Waals surface area contributed by atoms with Crippen LogP contribution >= 0.6 is 0 Å². The van der Waals surface area contributed by atoms with Gasteiger partial charge in [0.05, 0.1) is 17.4 Å². The Morgan fingerprint density at radius 1 is 1.19 bits per heavy atom. The molecule has 2 saturated heterocycles. The highest BCUT2D eigenvalue weighted by Gasteiger charge is 2.31. The molecule has 0 radical (unpaired) electrons. The highest BCUT2D eigenvalue weighted by molar-refractivity contribution is 6.04. The third-order valence-electron chi connectivity index (χ3n) is 5.23. The molecule has 6 heteroatoms. The smallest absolute Gasteiger partial charge is 0.255 e. The first-order chi connectivity index (χ1) is 12.5. The summed E-state index contributed by atoms with van der Waals surface area (Å²) >= 11 is 0. The zero-order valence-corrected chi connectivity index (χ0v) is 15.6. The number of hydrogen-bond acceptors (Lipinski definition) is 4. The molecule has 2 amide bonds. The number of nitrogens with two attached hydrogens (primary N) is 1. The normalized spacial score (nSPS) is 28.8. The molecule has 4 atom stereocenters. The molecule has 0 saturated carbocycles. The Morgan fingerprint density at radius 2 is 1.88 bits per heavy atom. The van der Waals surface area contributed by atoms with Crippen LogP contribution in [0.4, 0.5) is 5.69 Å². The average Bonchev–Trinajstić information content (AvgIpc) is 3.10. The molecule has 2 unspecified atom stereocenters. The Morgan fingerprint density at radius 3 is 2.54 bits per heavy atom. The summed E-state index contributed by atoms with van der Waals surface area (Å²) in [5.74, 6) is 0.752. The Kier molecular flexibility index (Phi) is 5.94. The summed E-state index contributed by atoms with van der Waals surface area (Å²) in [5, 5.41) is 2.89. The van der Waals surface area contributed by atoms with Crippen molar-refractivity contribution in [3.63, 3.8) is 0 Å². The number of benzene rings is 1. The van der Waals surface area contributed by atoms with Crippen molar-refractivity contribution in [3.8, 4) is 0 Å². The number of carbonyl (C=O) groups is 2. The molecule has 2 heterocycles. The molecule has 142 valence electrons. The fourth-order valence-corrected chi connectivity index (χ4v) is 4.06. The maximum Gasteiger partial charge on any atom is 0.255 e. The predicted molar refractivity (Wildman–Crippen MR) is 101 cm³/mol. The average molecular weight is 359 g/mol. The van der Waals surface area contributed by atoms with Gasteiger partial charge in [-0.15, -0.1) is 0 Å². The zero-order valence-electron chi connectivity index (χ0n) is 15.6. The second-order valence-corrected chi connectivity index (χ2v) is 7.75. The number of ether oxygens (including phenoxy) is 1. The minimum absolute atomic E-state index is 0.0218. The molecule has 2 aliphatic heterocycles. The number of nitrogens with one attached hydrogen (secondary N) is 1. The molecule has 0 aliphatic carbocycles. The summed E-state index contributed by atoms with van der Waals surface area (Å²) in [4.78, 5) is 27.5. The minimum atomic E-state index is -0.498. The van der Waals surface area contributed by atoms with Crippen molar-refractivity contribution in [2.24, 2.45) is 17.6 Å². The van der Waals surface area contributed by atoms with E-state index in [4.69, 9.17) is 10.5 Å². The van der Waals surface area contributed by atoms with E-state index in [1.54, 1.807) is 12.1 Å². The van der Waals surface area contributed by atoms with Gasteiger partial charge in [0.25, 0.3) is 11.8 Å². The number of rotatable bonds is 4. The van der Waals surface area contributed by atoms with Gasteiger partial charge in [-0.25, -0.2) is 0 Å². The second kappa shape index (κ2) is 8.18. The molecular weight excluding hydrogens is 330 g/mol. The van der Waals surface area contributed by atoms with Gasteiger partial charge in [-0.3, -0.25) is 9.59 Å². The van der Waals surface area contributed by atoms with Crippen molar-refractivity contribution in [2.45, 2.75) is 45.3 Å². The first kappa shape index (κ1) is 18.9. The van der Waals surface area contributed by atoms with E-state index < -0.39 is 6.10 Å². The number of nitrogens with zero attached hydrogens (tertiary/aromatic N) is 1. The molecular formula is C20H29N3O3. The van der Waals surface area contributed by atoms with Gasteiger partial charge in [0.15, 0.2) is 0 Å². The van der Waals surface area contributed by atoms with Gasteiger partial charge >= 0.3 is 0 Å². The van der Waals surface area contributed by atoms with E-state index in [0.29, 0.717) is 36.1 Å². The molecule has 3 rings (SSSR count). The fourth-order valence-electron chi connectivity index (χ4n) is 4.06. The first-order valence-electron chi connectivity index (χ1n) is 9.52. The second-order valence-electron chi connectivity index (χ2n) is 7.75. The Hall–Kier alpha value is -1.92. The SMILES string of the molecule is CC1CC(C)CN(C(=O)c2ccccc2NC(=O)[C@@H]2CC[C@H](CN)O2)C1. The fraction of sp³-hybridized carbons (Fsp3) is 0.600. The van der Waals surface area contributed by atoms with Crippen LogP contribution in [0.3, 0.4) is 0 Å². The molecule has 2 aliphatic rings. The monoisotopic (exact) mass is 359 g/mol. The minimum Gasteiger partial charge on any atom is -0.364 e. The number of carbonyl (C=O) groups excluding carboxylic acids is 2. The van der Waals surface area contributed by atoms with Crippen molar-refractivity contribution < 1.29 is 14.3 Å². The molecule has 1 aromatic carbocycles. The van der Waals surface area contributed by atoms with Crippen LogP contribution in [0, 0.1) is 11.8 Å². The number of likely N-dealkylation sites (tertiary alicyclic amines) is 1. The predicted octanol–water partition coefficient (Wildman–Crippen LogP) is 2.25. The van der Waals surface area contributed by atoms with Crippen LogP contribution in [0.5, 0.6) is 0 Å². The van der Waals surface area contributed by atoms with Crippen LogP contribution in [0.1, 0.15) is 43.5 Å². The Labute approximate surface area is 155 Å². The van der Waals surface area contributed by atoms with E-state index in [1.807, 2.05) is 17.0 Å². The van der Waals surface area contributed by atoms with Crippen molar-refractivity contribution in [2.75, 3.05) is 25.0 Å². The number of anilines is 1. The van der Waals surface area contributed by atoms with Gasteiger partial charge in [-0.2, -0.15) is 0 Å².